The van der Waals surface area contributed by atoms with E-state index in [1.54, 1.807) is 5.92 Å². The highest BCUT2D eigenvalue weighted by molar-refractivity contribution is 4.80. The summed E-state index contributed by atoms with van der Waals surface area (Å²) < 4.78 is 0. The van der Waals surface area contributed by atoms with Crippen LogP contribution in [0.3, 0.4) is 0 Å². The Morgan fingerprint density at radius 1 is 1.08 bits per heavy atom. The van der Waals surface area contributed by atoms with Crippen LogP contribution in [0.2, 0.25) is 0 Å². The van der Waals surface area contributed by atoms with E-state index in [2.05, 4.69) is 34.6 Å². The molecule has 0 aromatic carbocycles. The molecule has 0 nitrogen and oxygen atoms in total. The van der Waals surface area contributed by atoms with Gasteiger partial charge in [-0.1, -0.05) is 66.7 Å². The van der Waals surface area contributed by atoms with Crippen molar-refractivity contribution in [3.63, 3.8) is 0 Å². The minimum Gasteiger partial charge on any atom is -0.0654 e. The molecule has 0 aromatic heterocycles. The van der Waals surface area contributed by atoms with E-state index < -0.39 is 0 Å². The van der Waals surface area contributed by atoms with Crippen molar-refractivity contribution in [1.82, 2.24) is 0 Å². The van der Waals surface area contributed by atoms with Crippen molar-refractivity contribution in [3.8, 4) is 0 Å². The van der Waals surface area contributed by atoms with Crippen LogP contribution in [0.4, 0.5) is 0 Å². The Morgan fingerprint density at radius 2 is 1.58 bits per heavy atom. The van der Waals surface area contributed by atoms with E-state index in [0.717, 1.165) is 6.42 Å². The van der Waals surface area contributed by atoms with Crippen LogP contribution in [0.5, 0.6) is 0 Å². The third kappa shape index (κ3) is 16.5. The van der Waals surface area contributed by atoms with Gasteiger partial charge in [-0.05, 0) is 12.3 Å². The van der Waals surface area contributed by atoms with E-state index >= 15 is 0 Å². The van der Waals surface area contributed by atoms with Crippen LogP contribution in [-0.2, 0) is 0 Å². The second-order valence-corrected chi connectivity index (χ2v) is 3.27. The van der Waals surface area contributed by atoms with Gasteiger partial charge >= 0.3 is 0 Å². The van der Waals surface area contributed by atoms with Crippen LogP contribution in [0.1, 0.15) is 66.2 Å². The number of hydrogen-bond donors (Lipinski definition) is 0. The maximum absolute atomic E-state index is 3.60. The van der Waals surface area contributed by atoms with Gasteiger partial charge in [-0.3, -0.25) is 0 Å². The summed E-state index contributed by atoms with van der Waals surface area (Å²) in [4.78, 5) is 0. The van der Waals surface area contributed by atoms with Crippen LogP contribution in [0.15, 0.2) is 0 Å². The molecule has 0 amide bonds. The summed E-state index contributed by atoms with van der Waals surface area (Å²) in [6, 6.07) is 0. The van der Waals surface area contributed by atoms with Gasteiger partial charge < -0.3 is 0 Å². The summed E-state index contributed by atoms with van der Waals surface area (Å²) in [6.07, 6.45) is 7.59. The quantitative estimate of drug-likeness (QED) is 0.556. The fourth-order valence-electron chi connectivity index (χ4n) is 0.655. The molecule has 0 bridgehead atoms. The van der Waals surface area contributed by atoms with Gasteiger partial charge in [-0.15, -0.1) is 0 Å². The number of hydrogen-bond acceptors (Lipinski definition) is 0. The summed E-state index contributed by atoms with van der Waals surface area (Å²) in [5, 5.41) is 0. The van der Waals surface area contributed by atoms with Crippen molar-refractivity contribution >= 4 is 0 Å². The Bertz CT molecular complexity index is 55.1. The third-order valence-electron chi connectivity index (χ3n) is 1.91. The molecule has 74 valence electrons. The maximum atomic E-state index is 3.60. The van der Waals surface area contributed by atoms with E-state index in [1.807, 2.05) is 0 Å². The molecule has 0 aliphatic carbocycles. The molecule has 0 aromatic rings. The Labute approximate surface area is 79.8 Å². The van der Waals surface area contributed by atoms with Crippen LogP contribution in [0.25, 0.3) is 0 Å². The monoisotopic (exact) mass is 170 g/mol. The summed E-state index contributed by atoms with van der Waals surface area (Å²) in [5.41, 5.74) is 0. The molecule has 0 N–H and O–H groups in total. The summed E-state index contributed by atoms with van der Waals surface area (Å²) >= 11 is 0. The average Bonchev–Trinajstić information content (AvgIpc) is 2.14. The number of unbranched alkanes of at least 4 members (excludes halogenated alkanes) is 2. The molecule has 0 aliphatic heterocycles. The molecule has 0 rings (SSSR count). The SMILES string of the molecule is CCCC[C](C)CC.[CH2]CCC. The molecule has 0 fully saturated rings. The molecular weight excluding hydrogens is 144 g/mol. The molecular formula is C12H26. The van der Waals surface area contributed by atoms with Crippen LogP contribution < -0.4 is 0 Å². The molecule has 0 unspecified atom stereocenters. The predicted molar refractivity (Wildman–Crippen MR) is 59.0 cm³/mol. The van der Waals surface area contributed by atoms with Crippen molar-refractivity contribution in [1.29, 1.82) is 0 Å². The molecule has 0 atom stereocenters. The van der Waals surface area contributed by atoms with Gasteiger partial charge in [0, 0.05) is 0 Å². The van der Waals surface area contributed by atoms with Gasteiger partial charge in [0.15, 0.2) is 0 Å². The smallest absolute Gasteiger partial charge is 0.0275 e. The summed E-state index contributed by atoms with van der Waals surface area (Å²) in [5.74, 6) is 1.65. The fourth-order valence-corrected chi connectivity index (χ4v) is 0.655. The first kappa shape index (κ1) is 14.5. The molecule has 0 saturated heterocycles. The van der Waals surface area contributed by atoms with Crippen molar-refractivity contribution in [2.75, 3.05) is 0 Å². The van der Waals surface area contributed by atoms with Crippen molar-refractivity contribution < 1.29 is 0 Å². The highest BCUT2D eigenvalue weighted by Crippen LogP contribution is 2.12. The molecule has 0 aliphatic rings. The van der Waals surface area contributed by atoms with Gasteiger partial charge in [-0.25, -0.2) is 0 Å². The van der Waals surface area contributed by atoms with Gasteiger partial charge in [0.1, 0.15) is 0 Å². The second kappa shape index (κ2) is 13.6. The van der Waals surface area contributed by atoms with Gasteiger partial charge in [-0.2, -0.15) is 0 Å². The van der Waals surface area contributed by atoms with Crippen LogP contribution in [-0.4, -0.2) is 0 Å². The fraction of sp³-hybridized carbons (Fsp3) is 0.833. The lowest BCUT2D eigenvalue weighted by molar-refractivity contribution is 0.692. The van der Waals surface area contributed by atoms with E-state index in [4.69, 9.17) is 0 Å². The van der Waals surface area contributed by atoms with E-state index in [-0.39, 0.29) is 0 Å². The first-order valence-electron chi connectivity index (χ1n) is 5.33. The molecule has 2 radical (unpaired) electrons. The maximum Gasteiger partial charge on any atom is -0.0275 e. The third-order valence-corrected chi connectivity index (χ3v) is 1.91. The van der Waals surface area contributed by atoms with Crippen LogP contribution >= 0.6 is 0 Å². The van der Waals surface area contributed by atoms with Crippen molar-refractivity contribution in [2.24, 2.45) is 0 Å². The zero-order chi connectivity index (χ0) is 9.82. The first-order chi connectivity index (χ1) is 5.72. The predicted octanol–water partition coefficient (Wildman–Crippen LogP) is 4.80. The largest absolute Gasteiger partial charge is 0.0654 e. The summed E-state index contributed by atoms with van der Waals surface area (Å²) in [7, 11) is 0. The molecule has 0 saturated carbocycles. The zero-order valence-electron chi connectivity index (χ0n) is 9.45. The van der Waals surface area contributed by atoms with E-state index in [9.17, 15) is 0 Å². The highest BCUT2D eigenvalue weighted by Gasteiger charge is 1.95. The summed E-state index contributed by atoms with van der Waals surface area (Å²) in [6.45, 7) is 12.4. The Hall–Kier alpha value is 0. The van der Waals surface area contributed by atoms with Crippen molar-refractivity contribution in [2.45, 2.75) is 66.2 Å². The zero-order valence-corrected chi connectivity index (χ0v) is 9.45. The van der Waals surface area contributed by atoms with E-state index in [1.165, 1.54) is 32.1 Å². The molecule has 12 heavy (non-hydrogen) atoms. The second-order valence-electron chi connectivity index (χ2n) is 3.27. The van der Waals surface area contributed by atoms with E-state index in [0.29, 0.717) is 0 Å². The Morgan fingerprint density at radius 3 is 1.83 bits per heavy atom. The lowest BCUT2D eigenvalue weighted by Crippen LogP contribution is -1.86. The van der Waals surface area contributed by atoms with Gasteiger partial charge in [0.25, 0.3) is 0 Å². The Kier molecular flexibility index (Phi) is 16.4. The lowest BCUT2D eigenvalue weighted by atomic mass is 10.0. The molecule has 0 spiro atoms. The minimum absolute atomic E-state index is 1.07. The molecule has 0 heterocycles. The van der Waals surface area contributed by atoms with Gasteiger partial charge in [0.05, 0.1) is 0 Å². The van der Waals surface area contributed by atoms with Gasteiger partial charge in [0.2, 0.25) is 0 Å². The average molecular weight is 170 g/mol. The Balaban J connectivity index is 0. The first-order valence-corrected chi connectivity index (χ1v) is 5.33. The van der Waals surface area contributed by atoms with Crippen LogP contribution in [0, 0.1) is 12.8 Å². The molecule has 0 heteroatoms. The normalized spacial score (nSPS) is 9.50. The lowest BCUT2D eigenvalue weighted by Gasteiger charge is -2.03. The highest BCUT2D eigenvalue weighted by atomic mass is 14.0. The van der Waals surface area contributed by atoms with Crippen molar-refractivity contribution in [3.05, 3.63) is 12.8 Å². The number of rotatable bonds is 5. The topological polar surface area (TPSA) is 0 Å². The minimum atomic E-state index is 1.07. The standard InChI is InChI=1S/C8H17.C4H9/c1-4-6-7-8(3)5-2;1-3-4-2/h4-7H2,1-3H3;1,3-4H2,2H3.